The third-order valence-electron chi connectivity index (χ3n) is 3.74. The van der Waals surface area contributed by atoms with Crippen molar-refractivity contribution in [3.63, 3.8) is 0 Å². The van der Waals surface area contributed by atoms with E-state index in [0.29, 0.717) is 32.0 Å². The van der Waals surface area contributed by atoms with E-state index in [1.165, 1.54) is 23.5 Å². The fraction of sp³-hybridized carbons (Fsp3) is 0.0500. The highest BCUT2D eigenvalue weighted by Gasteiger charge is 2.21. The molecule has 0 spiro atoms. The van der Waals surface area contributed by atoms with Gasteiger partial charge in [0.2, 0.25) is 5.75 Å². The number of thiazole rings is 1. The van der Waals surface area contributed by atoms with Gasteiger partial charge in [-0.3, -0.25) is 10.1 Å². The average molecular weight is 425 g/mol. The monoisotopic (exact) mass is 424 g/mol. The number of nitrogens with zero attached hydrogens (tertiary/aromatic N) is 4. The van der Waals surface area contributed by atoms with Gasteiger partial charge in [-0.05, 0) is 31.2 Å². The Morgan fingerprint density at radius 3 is 2.79 bits per heavy atom. The van der Waals surface area contributed by atoms with Crippen LogP contribution < -0.4 is 4.74 Å². The Labute approximate surface area is 175 Å². The van der Waals surface area contributed by atoms with Crippen molar-refractivity contribution >= 4 is 45.4 Å². The summed E-state index contributed by atoms with van der Waals surface area (Å²) in [5.41, 5.74) is 0.780. The number of ether oxygens (including phenoxy) is 1. The third kappa shape index (κ3) is 4.32. The van der Waals surface area contributed by atoms with Gasteiger partial charge in [0.1, 0.15) is 27.5 Å². The van der Waals surface area contributed by atoms with Gasteiger partial charge in [-0.25, -0.2) is 9.98 Å². The van der Waals surface area contributed by atoms with E-state index in [2.05, 4.69) is 16.6 Å². The van der Waals surface area contributed by atoms with Gasteiger partial charge in [0.05, 0.1) is 15.5 Å². The van der Waals surface area contributed by atoms with Crippen molar-refractivity contribution in [2.45, 2.75) is 6.92 Å². The molecule has 0 atom stereocenters. The second kappa shape index (κ2) is 8.65. The summed E-state index contributed by atoms with van der Waals surface area (Å²) < 4.78 is 5.64. The number of aliphatic imine (C=N–C) groups is 1. The van der Waals surface area contributed by atoms with Crippen LogP contribution in [-0.4, -0.2) is 16.1 Å². The normalized spacial score (nSPS) is 10.7. The van der Waals surface area contributed by atoms with Crippen LogP contribution in [0.3, 0.4) is 0 Å². The zero-order chi connectivity index (χ0) is 21.0. The minimum atomic E-state index is -0.538. The van der Waals surface area contributed by atoms with E-state index in [1.54, 1.807) is 43.5 Å². The Hall–Kier alpha value is -3.54. The molecular formula is C20H13ClN4O3S. The summed E-state index contributed by atoms with van der Waals surface area (Å²) in [4.78, 5) is 19.7. The van der Waals surface area contributed by atoms with Crippen molar-refractivity contribution in [3.05, 3.63) is 69.9 Å². The van der Waals surface area contributed by atoms with Crippen LogP contribution in [0.25, 0.3) is 16.1 Å². The SMILES string of the molecule is C=C(C#N)c1nc(-c2ccc(Oc3ccccc3Cl)c([N+](=O)[O-])c2)sc1N=CC. The number of benzene rings is 2. The fourth-order valence-corrected chi connectivity index (χ4v) is 3.58. The molecule has 144 valence electrons. The summed E-state index contributed by atoms with van der Waals surface area (Å²) in [6.45, 7) is 5.42. The Balaban J connectivity index is 2.05. The van der Waals surface area contributed by atoms with Gasteiger partial charge in [0.15, 0.2) is 0 Å². The molecule has 0 aliphatic rings. The zero-order valence-electron chi connectivity index (χ0n) is 15.1. The lowest BCUT2D eigenvalue weighted by Gasteiger charge is -2.08. The largest absolute Gasteiger partial charge is 0.449 e. The van der Waals surface area contributed by atoms with Crippen LogP contribution in [0.5, 0.6) is 11.5 Å². The maximum absolute atomic E-state index is 11.6. The van der Waals surface area contributed by atoms with Gasteiger partial charge in [0.25, 0.3) is 0 Å². The molecular weight excluding hydrogens is 412 g/mol. The maximum atomic E-state index is 11.6. The summed E-state index contributed by atoms with van der Waals surface area (Å²) in [6, 6.07) is 13.2. The van der Waals surface area contributed by atoms with Gasteiger partial charge in [-0.2, -0.15) is 5.26 Å². The van der Waals surface area contributed by atoms with E-state index in [1.807, 2.05) is 6.07 Å². The number of hydrogen-bond donors (Lipinski definition) is 0. The van der Waals surface area contributed by atoms with Gasteiger partial charge >= 0.3 is 5.69 Å². The Bertz CT molecular complexity index is 1180. The Kier molecular flexibility index (Phi) is 6.02. The summed E-state index contributed by atoms with van der Waals surface area (Å²) in [5, 5.41) is 22.1. The molecule has 0 radical (unpaired) electrons. The number of allylic oxidation sites excluding steroid dienone is 1. The molecule has 1 heterocycles. The topological polar surface area (TPSA) is 101 Å². The zero-order valence-corrected chi connectivity index (χ0v) is 16.7. The fourth-order valence-electron chi connectivity index (χ4n) is 2.42. The summed E-state index contributed by atoms with van der Waals surface area (Å²) in [7, 11) is 0. The quantitative estimate of drug-likeness (QED) is 0.196. The molecule has 7 nitrogen and oxygen atoms in total. The van der Waals surface area contributed by atoms with Gasteiger partial charge in [-0.1, -0.05) is 41.6 Å². The van der Waals surface area contributed by atoms with Gasteiger partial charge in [-0.15, -0.1) is 0 Å². The van der Waals surface area contributed by atoms with Crippen LogP contribution in [0.15, 0.2) is 54.0 Å². The molecule has 9 heteroatoms. The number of nitro benzene ring substituents is 1. The second-order valence-corrected chi connectivity index (χ2v) is 7.01. The van der Waals surface area contributed by atoms with Crippen LogP contribution in [0.2, 0.25) is 5.02 Å². The average Bonchev–Trinajstić information content (AvgIpc) is 3.13. The third-order valence-corrected chi connectivity index (χ3v) is 5.06. The first-order valence-corrected chi connectivity index (χ1v) is 9.44. The van der Waals surface area contributed by atoms with E-state index >= 15 is 0 Å². The molecule has 0 unspecified atom stereocenters. The van der Waals surface area contributed by atoms with E-state index in [-0.39, 0.29) is 17.0 Å². The molecule has 1 aromatic heterocycles. The van der Waals surface area contributed by atoms with E-state index in [4.69, 9.17) is 21.6 Å². The lowest BCUT2D eigenvalue weighted by molar-refractivity contribution is -0.385. The summed E-state index contributed by atoms with van der Waals surface area (Å²) in [6.07, 6.45) is 1.58. The molecule has 2 aromatic carbocycles. The molecule has 0 aliphatic carbocycles. The molecule has 0 saturated heterocycles. The highest BCUT2D eigenvalue weighted by Crippen LogP contribution is 2.41. The molecule has 3 aromatic rings. The lowest BCUT2D eigenvalue weighted by atomic mass is 10.2. The Morgan fingerprint density at radius 2 is 2.14 bits per heavy atom. The van der Waals surface area contributed by atoms with E-state index in [9.17, 15) is 10.1 Å². The van der Waals surface area contributed by atoms with Gasteiger partial charge < -0.3 is 4.74 Å². The standard InChI is InChI=1S/C20H13ClN4O3S/c1-3-23-20-18(12(2)11-22)24-19(29-20)13-8-9-17(15(10-13)25(26)27)28-16-7-5-4-6-14(16)21/h3-10H,2H2,1H3. The predicted molar refractivity (Wildman–Crippen MR) is 114 cm³/mol. The molecule has 0 N–H and O–H groups in total. The van der Waals surface area contributed by atoms with Crippen LogP contribution in [0.1, 0.15) is 12.6 Å². The van der Waals surface area contributed by atoms with E-state index in [0.717, 1.165) is 0 Å². The predicted octanol–water partition coefficient (Wildman–Crippen LogP) is 6.42. The first-order chi connectivity index (χ1) is 13.9. The van der Waals surface area contributed by atoms with Crippen molar-refractivity contribution in [2.75, 3.05) is 0 Å². The van der Waals surface area contributed by atoms with Crippen molar-refractivity contribution in [1.82, 2.24) is 4.98 Å². The first kappa shape index (κ1) is 20.2. The van der Waals surface area contributed by atoms with Crippen molar-refractivity contribution in [2.24, 2.45) is 4.99 Å². The lowest BCUT2D eigenvalue weighted by Crippen LogP contribution is -1.94. The summed E-state index contributed by atoms with van der Waals surface area (Å²) in [5.74, 6) is 0.364. The molecule has 0 saturated carbocycles. The molecule has 0 amide bonds. The number of rotatable bonds is 6. The van der Waals surface area contributed by atoms with Crippen LogP contribution in [0, 0.1) is 21.4 Å². The Morgan fingerprint density at radius 1 is 1.38 bits per heavy atom. The second-order valence-electron chi connectivity index (χ2n) is 5.62. The highest BCUT2D eigenvalue weighted by molar-refractivity contribution is 7.19. The minimum absolute atomic E-state index is 0.0527. The van der Waals surface area contributed by atoms with Crippen molar-refractivity contribution < 1.29 is 9.66 Å². The number of hydrogen-bond acceptors (Lipinski definition) is 7. The number of nitriles is 1. The minimum Gasteiger partial charge on any atom is -0.449 e. The summed E-state index contributed by atoms with van der Waals surface area (Å²) >= 11 is 7.28. The van der Waals surface area contributed by atoms with Crippen molar-refractivity contribution in [1.29, 1.82) is 5.26 Å². The van der Waals surface area contributed by atoms with Crippen LogP contribution in [0.4, 0.5) is 10.7 Å². The molecule has 0 aliphatic heterocycles. The van der Waals surface area contributed by atoms with E-state index < -0.39 is 4.92 Å². The molecule has 0 bridgehead atoms. The highest BCUT2D eigenvalue weighted by atomic mass is 35.5. The number of halogens is 1. The van der Waals surface area contributed by atoms with Crippen LogP contribution in [-0.2, 0) is 0 Å². The number of para-hydroxylation sites is 1. The molecule has 3 rings (SSSR count). The van der Waals surface area contributed by atoms with Gasteiger partial charge in [0, 0.05) is 17.8 Å². The maximum Gasteiger partial charge on any atom is 0.312 e. The molecule has 0 fully saturated rings. The number of nitro groups is 1. The molecule has 29 heavy (non-hydrogen) atoms. The van der Waals surface area contributed by atoms with Crippen molar-refractivity contribution in [3.8, 4) is 28.1 Å². The van der Waals surface area contributed by atoms with Crippen LogP contribution >= 0.6 is 22.9 Å². The first-order valence-electron chi connectivity index (χ1n) is 8.24. The smallest absolute Gasteiger partial charge is 0.312 e. The number of aromatic nitrogens is 1.